The zero-order valence-corrected chi connectivity index (χ0v) is 7.43. The molecule has 1 heterocycles. The predicted molar refractivity (Wildman–Crippen MR) is 49.1 cm³/mol. The molecule has 0 atom stereocenters. The van der Waals surface area contributed by atoms with E-state index in [1.807, 2.05) is 0 Å². The number of unbranched alkanes of at least 4 members (excludes halogenated alkanes) is 1. The maximum absolute atomic E-state index is 11.3. The summed E-state index contributed by atoms with van der Waals surface area (Å²) in [5.41, 5.74) is 2.23. The number of thiazole rings is 1. The molecule has 3 heteroatoms. The summed E-state index contributed by atoms with van der Waals surface area (Å²) in [5.74, 6) is 2.59. The van der Waals surface area contributed by atoms with E-state index in [-0.39, 0.29) is 5.78 Å². The average Bonchev–Trinajstić information content (AvgIpc) is 2.56. The second kappa shape index (κ2) is 4.68. The van der Waals surface area contributed by atoms with E-state index in [0.29, 0.717) is 18.5 Å². The minimum absolute atomic E-state index is 0.0894. The van der Waals surface area contributed by atoms with E-state index in [4.69, 9.17) is 6.42 Å². The number of hydrogen-bond acceptors (Lipinski definition) is 3. The molecule has 0 saturated carbocycles. The number of rotatable bonds is 4. The fourth-order valence-electron chi connectivity index (χ4n) is 0.829. The monoisotopic (exact) mass is 179 g/mol. The minimum Gasteiger partial charge on any atom is -0.292 e. The average molecular weight is 179 g/mol. The van der Waals surface area contributed by atoms with Crippen molar-refractivity contribution in [2.24, 2.45) is 0 Å². The molecule has 0 aromatic carbocycles. The van der Waals surface area contributed by atoms with Crippen molar-refractivity contribution in [1.82, 2.24) is 4.98 Å². The van der Waals surface area contributed by atoms with Crippen LogP contribution in [0, 0.1) is 12.3 Å². The van der Waals surface area contributed by atoms with Gasteiger partial charge in [-0.25, -0.2) is 4.98 Å². The van der Waals surface area contributed by atoms with E-state index < -0.39 is 0 Å². The molecule has 1 aromatic rings. The molecular formula is C9H9NOS. The van der Waals surface area contributed by atoms with Crippen molar-refractivity contribution in [3.63, 3.8) is 0 Å². The van der Waals surface area contributed by atoms with Crippen LogP contribution < -0.4 is 0 Å². The van der Waals surface area contributed by atoms with Gasteiger partial charge in [0.05, 0.1) is 5.51 Å². The Bertz CT molecular complexity index is 284. The SMILES string of the molecule is C#CCCCC(=O)c1cscn1. The van der Waals surface area contributed by atoms with Gasteiger partial charge in [-0.05, 0) is 6.42 Å². The number of aromatic nitrogens is 1. The molecule has 0 amide bonds. The zero-order valence-electron chi connectivity index (χ0n) is 6.62. The van der Waals surface area contributed by atoms with Crippen LogP contribution in [0.15, 0.2) is 10.9 Å². The van der Waals surface area contributed by atoms with Crippen molar-refractivity contribution in [3.05, 3.63) is 16.6 Å². The molecular weight excluding hydrogens is 170 g/mol. The number of terminal acetylenes is 1. The summed E-state index contributed by atoms with van der Waals surface area (Å²) in [6.45, 7) is 0. The van der Waals surface area contributed by atoms with Crippen LogP contribution in [0.2, 0.25) is 0 Å². The molecule has 0 unspecified atom stereocenters. The lowest BCUT2D eigenvalue weighted by molar-refractivity contribution is 0.0976. The third-order valence-electron chi connectivity index (χ3n) is 1.44. The molecule has 0 saturated heterocycles. The number of hydrogen-bond donors (Lipinski definition) is 0. The van der Waals surface area contributed by atoms with Crippen molar-refractivity contribution in [2.75, 3.05) is 0 Å². The first-order chi connectivity index (χ1) is 5.84. The second-order valence-corrected chi connectivity index (χ2v) is 3.07. The third-order valence-corrected chi connectivity index (χ3v) is 2.03. The Kier molecular flexibility index (Phi) is 3.49. The van der Waals surface area contributed by atoms with Gasteiger partial charge in [0.15, 0.2) is 5.78 Å². The summed E-state index contributed by atoms with van der Waals surface area (Å²) < 4.78 is 0. The lowest BCUT2D eigenvalue weighted by Gasteiger charge is -1.92. The largest absolute Gasteiger partial charge is 0.292 e. The number of carbonyl (C=O) groups is 1. The van der Waals surface area contributed by atoms with E-state index in [9.17, 15) is 4.79 Å². The maximum Gasteiger partial charge on any atom is 0.182 e. The molecule has 0 spiro atoms. The highest BCUT2D eigenvalue weighted by Gasteiger charge is 2.05. The molecule has 0 aliphatic carbocycles. The molecule has 0 fully saturated rings. The summed E-state index contributed by atoms with van der Waals surface area (Å²) >= 11 is 1.43. The Morgan fingerprint density at radius 1 is 1.75 bits per heavy atom. The van der Waals surface area contributed by atoms with Gasteiger partial charge in [0.2, 0.25) is 0 Å². The summed E-state index contributed by atoms with van der Waals surface area (Å²) in [6.07, 6.45) is 6.99. The van der Waals surface area contributed by atoms with Gasteiger partial charge in [-0.2, -0.15) is 0 Å². The van der Waals surface area contributed by atoms with Crippen LogP contribution in [-0.2, 0) is 0 Å². The lowest BCUT2D eigenvalue weighted by atomic mass is 10.1. The Morgan fingerprint density at radius 3 is 3.17 bits per heavy atom. The van der Waals surface area contributed by atoms with Crippen LogP contribution in [-0.4, -0.2) is 10.8 Å². The molecule has 0 bridgehead atoms. The summed E-state index contributed by atoms with van der Waals surface area (Å²) in [5, 5.41) is 1.76. The third kappa shape index (κ3) is 2.48. The van der Waals surface area contributed by atoms with E-state index in [1.54, 1.807) is 10.9 Å². The second-order valence-electron chi connectivity index (χ2n) is 2.35. The van der Waals surface area contributed by atoms with Crippen molar-refractivity contribution < 1.29 is 4.79 Å². The first-order valence-corrected chi connectivity index (χ1v) is 4.63. The van der Waals surface area contributed by atoms with Gasteiger partial charge in [0.25, 0.3) is 0 Å². The Hall–Kier alpha value is -1.14. The van der Waals surface area contributed by atoms with E-state index in [2.05, 4.69) is 10.9 Å². The fourth-order valence-corrected chi connectivity index (χ4v) is 1.39. The molecule has 12 heavy (non-hydrogen) atoms. The Morgan fingerprint density at radius 2 is 2.58 bits per heavy atom. The lowest BCUT2D eigenvalue weighted by Crippen LogP contribution is -1.98. The van der Waals surface area contributed by atoms with Gasteiger partial charge >= 0.3 is 0 Å². The highest BCUT2D eigenvalue weighted by Crippen LogP contribution is 2.06. The zero-order chi connectivity index (χ0) is 8.81. The normalized spacial score (nSPS) is 9.25. The van der Waals surface area contributed by atoms with E-state index in [0.717, 1.165) is 6.42 Å². The van der Waals surface area contributed by atoms with Crippen LogP contribution in [0.4, 0.5) is 0 Å². The van der Waals surface area contributed by atoms with Crippen molar-refractivity contribution in [3.8, 4) is 12.3 Å². The standard InChI is InChI=1S/C9H9NOS/c1-2-3-4-5-9(11)8-6-12-7-10-8/h1,6-7H,3-5H2. The highest BCUT2D eigenvalue weighted by atomic mass is 32.1. The first-order valence-electron chi connectivity index (χ1n) is 3.69. The quantitative estimate of drug-likeness (QED) is 0.402. The summed E-state index contributed by atoms with van der Waals surface area (Å²) in [4.78, 5) is 15.2. The van der Waals surface area contributed by atoms with Crippen LogP contribution in [0.25, 0.3) is 0 Å². The molecule has 0 N–H and O–H groups in total. The summed E-state index contributed by atoms with van der Waals surface area (Å²) in [7, 11) is 0. The molecule has 2 nitrogen and oxygen atoms in total. The predicted octanol–water partition coefficient (Wildman–Crippen LogP) is 2.13. The van der Waals surface area contributed by atoms with Crippen molar-refractivity contribution >= 4 is 17.1 Å². The van der Waals surface area contributed by atoms with Crippen LogP contribution in [0.3, 0.4) is 0 Å². The molecule has 62 valence electrons. The van der Waals surface area contributed by atoms with Gasteiger partial charge < -0.3 is 0 Å². The number of ketones is 1. The Balaban J connectivity index is 2.36. The number of Topliss-reactive ketones (excluding diaryl/α,β-unsaturated/α-hetero) is 1. The van der Waals surface area contributed by atoms with Crippen molar-refractivity contribution in [1.29, 1.82) is 0 Å². The van der Waals surface area contributed by atoms with Gasteiger partial charge in [-0.15, -0.1) is 23.7 Å². The Labute approximate surface area is 75.6 Å². The van der Waals surface area contributed by atoms with Gasteiger partial charge in [0.1, 0.15) is 5.69 Å². The van der Waals surface area contributed by atoms with Gasteiger partial charge in [0, 0.05) is 18.2 Å². The fraction of sp³-hybridized carbons (Fsp3) is 0.333. The number of carbonyl (C=O) groups excluding carboxylic acids is 1. The van der Waals surface area contributed by atoms with Gasteiger partial charge in [-0.3, -0.25) is 4.79 Å². The minimum atomic E-state index is 0.0894. The van der Waals surface area contributed by atoms with E-state index in [1.165, 1.54) is 11.3 Å². The molecule has 0 aliphatic heterocycles. The molecule has 1 aromatic heterocycles. The molecule has 0 radical (unpaired) electrons. The van der Waals surface area contributed by atoms with Crippen molar-refractivity contribution in [2.45, 2.75) is 19.3 Å². The smallest absolute Gasteiger partial charge is 0.182 e. The van der Waals surface area contributed by atoms with Crippen LogP contribution >= 0.6 is 11.3 Å². The number of nitrogens with zero attached hydrogens (tertiary/aromatic N) is 1. The first kappa shape index (κ1) is 8.95. The maximum atomic E-state index is 11.3. The van der Waals surface area contributed by atoms with Gasteiger partial charge in [-0.1, -0.05) is 0 Å². The molecule has 0 aliphatic rings. The van der Waals surface area contributed by atoms with Crippen LogP contribution in [0.5, 0.6) is 0 Å². The topological polar surface area (TPSA) is 30.0 Å². The van der Waals surface area contributed by atoms with Crippen LogP contribution in [0.1, 0.15) is 29.8 Å². The molecule has 1 rings (SSSR count). The summed E-state index contributed by atoms with van der Waals surface area (Å²) in [6, 6.07) is 0. The van der Waals surface area contributed by atoms with E-state index >= 15 is 0 Å². The highest BCUT2D eigenvalue weighted by molar-refractivity contribution is 7.07.